The molecule has 1 saturated heterocycles. The molecule has 3 aliphatic heterocycles. The molecule has 4 unspecified atom stereocenters. The number of phosphoric ester groups is 1. The first-order chi connectivity index (χ1) is 14.2. The Kier molecular flexibility index (Phi) is 6.78. The highest BCUT2D eigenvalue weighted by molar-refractivity contribution is 7.66. The predicted octanol–water partition coefficient (Wildman–Crippen LogP) is -2.54. The summed E-state index contributed by atoms with van der Waals surface area (Å²) in [7, 11) is -16.7. The van der Waals surface area contributed by atoms with Crippen LogP contribution in [0.2, 0.25) is 0 Å². The Bertz CT molecular complexity index is 977. The minimum absolute atomic E-state index is 0.0461. The molecule has 174 valence electrons. The molecule has 6 N–H and O–H groups in total. The smallest absolute Gasteiger partial charge is 0.387 e. The molecule has 31 heavy (non-hydrogen) atoms. The maximum absolute atomic E-state index is 11.8. The van der Waals surface area contributed by atoms with Crippen LogP contribution in [-0.2, 0) is 36.4 Å². The van der Waals surface area contributed by atoms with Gasteiger partial charge in [-0.05, 0) is 0 Å². The zero-order valence-corrected chi connectivity index (χ0v) is 17.5. The van der Waals surface area contributed by atoms with Crippen molar-refractivity contribution in [3.8, 4) is 0 Å². The first kappa shape index (κ1) is 24.4. The number of hydrogen-bond acceptors (Lipinski definition) is 13. The molecule has 0 aliphatic carbocycles. The fourth-order valence-corrected chi connectivity index (χ4v) is 5.73. The lowest BCUT2D eigenvalue weighted by Gasteiger charge is -2.26. The van der Waals surface area contributed by atoms with E-state index in [-0.39, 0.29) is 5.84 Å². The van der Waals surface area contributed by atoms with Gasteiger partial charge < -0.3 is 34.5 Å². The largest absolute Gasteiger partial charge is 0.490 e. The fraction of sp³-hybridized carbons (Fsp3) is 0.600. The van der Waals surface area contributed by atoms with Crippen LogP contribution in [0.5, 0.6) is 0 Å². The molecule has 1 amide bonds. The molecule has 18 nitrogen and oxygen atoms in total. The molecule has 0 aromatic carbocycles. The van der Waals surface area contributed by atoms with Gasteiger partial charge in [-0.1, -0.05) is 0 Å². The summed E-state index contributed by atoms with van der Waals surface area (Å²) in [5.74, 6) is -0.578. The average Bonchev–Trinajstić information content (AvgIpc) is 3.13. The van der Waals surface area contributed by atoms with Crippen molar-refractivity contribution >= 4 is 47.9 Å². The number of amides is 1. The number of hydrogen-bond donors (Lipinski definition) is 6. The summed E-state index contributed by atoms with van der Waals surface area (Å²) in [6.07, 6.45) is -4.13. The van der Waals surface area contributed by atoms with E-state index in [9.17, 15) is 33.6 Å². The summed E-state index contributed by atoms with van der Waals surface area (Å²) in [5, 5.41) is 20.3. The third-order valence-electron chi connectivity index (χ3n) is 3.89. The zero-order chi connectivity index (χ0) is 23.2. The quantitative estimate of drug-likeness (QED) is 0.184. The lowest BCUT2D eigenvalue weighted by molar-refractivity contribution is -0.117. The van der Waals surface area contributed by atoms with Crippen molar-refractivity contribution < 1.29 is 66.2 Å². The van der Waals surface area contributed by atoms with E-state index in [1.807, 2.05) is 0 Å². The molecule has 3 heterocycles. The van der Waals surface area contributed by atoms with Crippen molar-refractivity contribution in [3.05, 3.63) is 0 Å². The van der Waals surface area contributed by atoms with E-state index in [2.05, 4.69) is 28.1 Å². The minimum Gasteiger partial charge on any atom is -0.387 e. The van der Waals surface area contributed by atoms with E-state index in [1.54, 1.807) is 0 Å². The van der Waals surface area contributed by atoms with Crippen molar-refractivity contribution in [2.24, 2.45) is 15.0 Å². The number of aliphatic imine (C=N–C) groups is 3. The van der Waals surface area contributed by atoms with Crippen molar-refractivity contribution in [3.63, 3.8) is 0 Å². The van der Waals surface area contributed by atoms with Gasteiger partial charge >= 0.3 is 23.5 Å². The average molecular weight is 508 g/mol. The molecular weight excluding hydrogens is 493 g/mol. The second kappa shape index (κ2) is 8.61. The first-order valence-electron chi connectivity index (χ1n) is 7.95. The Morgan fingerprint density at radius 3 is 2.39 bits per heavy atom. The van der Waals surface area contributed by atoms with Crippen LogP contribution in [0.4, 0.5) is 0 Å². The summed E-state index contributed by atoms with van der Waals surface area (Å²) >= 11 is 0. The highest BCUT2D eigenvalue weighted by Crippen LogP contribution is 2.66. The molecule has 0 spiro atoms. The Balaban J connectivity index is 1.63. The van der Waals surface area contributed by atoms with E-state index in [0.29, 0.717) is 0 Å². The summed E-state index contributed by atoms with van der Waals surface area (Å²) in [6, 6.07) is -1.06. The van der Waals surface area contributed by atoms with Crippen LogP contribution in [0.25, 0.3) is 0 Å². The molecule has 1 fully saturated rings. The normalized spacial score (nSPS) is 34.4. The van der Waals surface area contributed by atoms with Gasteiger partial charge in [0.05, 0.1) is 12.9 Å². The minimum atomic E-state index is -5.72. The van der Waals surface area contributed by atoms with Gasteiger partial charge in [-0.3, -0.25) is 19.2 Å². The lowest BCUT2D eigenvalue weighted by atomic mass is 10.1. The van der Waals surface area contributed by atoms with Gasteiger partial charge in [0.1, 0.15) is 30.5 Å². The van der Waals surface area contributed by atoms with Crippen molar-refractivity contribution in [1.82, 2.24) is 4.90 Å². The van der Waals surface area contributed by atoms with Crippen LogP contribution in [-0.4, -0.2) is 96.3 Å². The van der Waals surface area contributed by atoms with Gasteiger partial charge in [-0.2, -0.15) is 13.6 Å². The topological polar surface area (TPSA) is 267 Å². The molecule has 3 rings (SSSR count). The van der Waals surface area contributed by atoms with Gasteiger partial charge in [0.15, 0.2) is 12.3 Å². The van der Waals surface area contributed by atoms with Gasteiger partial charge in [0.25, 0.3) is 5.91 Å². The van der Waals surface area contributed by atoms with Gasteiger partial charge in [0, 0.05) is 0 Å². The van der Waals surface area contributed by atoms with Gasteiger partial charge in [0.2, 0.25) is 0 Å². The standard InChI is InChI=1S/C10H15N4O14P3/c15-6-4(1-25-30(21,22)28-31(23,24)27-29(18,19)20)26-10(7(6)16)14-3-13-5-8(14)11-2-12-9(5)17/h2-7,10,15-16H,1H2,(H,21,22)(H,23,24)(H2,18,19,20)/t4-,5?,6-,7-,10?/m1/s1. The van der Waals surface area contributed by atoms with Crippen LogP contribution in [0.3, 0.4) is 0 Å². The van der Waals surface area contributed by atoms with Crippen LogP contribution in [0.1, 0.15) is 0 Å². The highest BCUT2D eigenvalue weighted by Gasteiger charge is 2.50. The first-order valence-corrected chi connectivity index (χ1v) is 12.5. The van der Waals surface area contributed by atoms with E-state index in [4.69, 9.17) is 19.4 Å². The number of rotatable bonds is 8. The Labute approximate surface area is 171 Å². The highest BCUT2D eigenvalue weighted by atomic mass is 31.3. The molecule has 0 aromatic rings. The number of ether oxygens (including phenoxy) is 1. The van der Waals surface area contributed by atoms with Gasteiger partial charge in [-0.15, -0.1) is 0 Å². The number of amidine groups is 1. The molecule has 3 aliphatic rings. The molecule has 21 heteroatoms. The number of phosphoric acid groups is 3. The predicted molar refractivity (Wildman–Crippen MR) is 95.5 cm³/mol. The number of aliphatic hydroxyl groups is 2. The van der Waals surface area contributed by atoms with Crippen LogP contribution >= 0.6 is 23.5 Å². The summed E-state index contributed by atoms with van der Waals surface area (Å²) < 4.78 is 50.5. The molecule has 0 bridgehead atoms. The van der Waals surface area contributed by atoms with E-state index in [0.717, 1.165) is 17.6 Å². The number of carbonyl (C=O) groups is 1. The fourth-order valence-electron chi connectivity index (χ4n) is 2.70. The lowest BCUT2D eigenvalue weighted by Crippen LogP contribution is -2.48. The molecular formula is C10H15N4O14P3. The number of fused-ring (bicyclic) bond motifs is 1. The van der Waals surface area contributed by atoms with Crippen molar-refractivity contribution in [1.29, 1.82) is 0 Å². The van der Waals surface area contributed by atoms with Crippen molar-refractivity contribution in [2.45, 2.75) is 30.6 Å². The number of nitrogens with zero attached hydrogens (tertiary/aromatic N) is 4. The molecule has 0 radical (unpaired) electrons. The monoisotopic (exact) mass is 508 g/mol. The Morgan fingerprint density at radius 2 is 1.74 bits per heavy atom. The van der Waals surface area contributed by atoms with Crippen LogP contribution in [0.15, 0.2) is 15.0 Å². The summed E-state index contributed by atoms with van der Waals surface area (Å²) in [5.41, 5.74) is 0. The maximum Gasteiger partial charge on any atom is 0.490 e. The van der Waals surface area contributed by atoms with E-state index < -0.39 is 66.6 Å². The maximum atomic E-state index is 11.8. The van der Waals surface area contributed by atoms with Crippen LogP contribution < -0.4 is 0 Å². The molecule has 7 atom stereocenters. The zero-order valence-electron chi connectivity index (χ0n) is 14.8. The molecule has 0 aromatic heterocycles. The van der Waals surface area contributed by atoms with Crippen LogP contribution in [0, 0.1) is 0 Å². The third-order valence-corrected chi connectivity index (χ3v) is 7.69. The second-order valence-electron chi connectivity index (χ2n) is 6.08. The SMILES string of the molecule is O=C1N=CN=C2C1N=CN2C1O[C@H](COP(=O)(O)OP(=O)(O)OP(=O)(O)O)[C@@H](O)[C@H]1O. The number of aliphatic hydroxyl groups excluding tert-OH is 2. The van der Waals surface area contributed by atoms with E-state index >= 15 is 0 Å². The third kappa shape index (κ3) is 5.77. The number of carbonyl (C=O) groups excluding carboxylic acids is 1. The van der Waals surface area contributed by atoms with Gasteiger partial charge in [-0.25, -0.2) is 18.7 Å². The second-order valence-corrected chi connectivity index (χ2v) is 10.5. The Hall–Kier alpha value is -1.23. The van der Waals surface area contributed by atoms with E-state index in [1.165, 1.54) is 0 Å². The van der Waals surface area contributed by atoms with Crippen molar-refractivity contribution in [2.75, 3.05) is 6.61 Å². The molecule has 0 saturated carbocycles. The summed E-state index contributed by atoms with van der Waals surface area (Å²) in [6.45, 7) is -0.986. The summed E-state index contributed by atoms with van der Waals surface area (Å²) in [4.78, 5) is 59.5. The Morgan fingerprint density at radius 1 is 1.06 bits per heavy atom.